The molecule has 0 saturated heterocycles. The van der Waals surface area contributed by atoms with Gasteiger partial charge in [-0.25, -0.2) is 0 Å². The molecule has 6 nitrogen and oxygen atoms in total. The Morgan fingerprint density at radius 1 is 1.11 bits per heavy atom. The fourth-order valence-electron chi connectivity index (χ4n) is 4.03. The molecule has 1 aliphatic heterocycles. The topological polar surface area (TPSA) is 57.2 Å². The highest BCUT2D eigenvalue weighted by Gasteiger charge is 2.31. The van der Waals surface area contributed by atoms with Gasteiger partial charge in [-0.05, 0) is 61.8 Å². The number of hydrogen-bond acceptors (Lipinski definition) is 6. The number of hydrogen-bond donors (Lipinski definition) is 0. The molecule has 6 heteroatoms. The lowest BCUT2D eigenvalue weighted by Gasteiger charge is -2.24. The van der Waals surface area contributed by atoms with Crippen LogP contribution in [0.5, 0.6) is 23.0 Å². The Labute approximate surface area is 158 Å². The summed E-state index contributed by atoms with van der Waals surface area (Å²) in [5.74, 6) is 2.30. The highest BCUT2D eigenvalue weighted by molar-refractivity contribution is 5.82. The van der Waals surface area contributed by atoms with Crippen LogP contribution in [-0.2, 0) is 6.42 Å². The van der Waals surface area contributed by atoms with Gasteiger partial charge in [0.15, 0.2) is 17.2 Å². The van der Waals surface area contributed by atoms with Crippen LogP contribution in [0.25, 0.3) is 11.1 Å². The first-order valence-electron chi connectivity index (χ1n) is 8.93. The molecule has 0 bridgehead atoms. The molecular weight excluding hydrogens is 346 g/mol. The van der Waals surface area contributed by atoms with Crippen molar-refractivity contribution < 1.29 is 18.9 Å². The molecule has 0 N–H and O–H groups in total. The van der Waals surface area contributed by atoms with Gasteiger partial charge >= 0.3 is 0 Å². The molecule has 2 aromatic carbocycles. The summed E-state index contributed by atoms with van der Waals surface area (Å²) in [7, 11) is 7.21. The quantitative estimate of drug-likeness (QED) is 0.829. The van der Waals surface area contributed by atoms with Crippen molar-refractivity contribution in [3.05, 3.63) is 45.6 Å². The minimum atomic E-state index is -0.131. The molecule has 0 saturated carbocycles. The van der Waals surface area contributed by atoms with Gasteiger partial charge in [0, 0.05) is 11.6 Å². The molecule has 2 aromatic rings. The predicted octanol–water partition coefficient (Wildman–Crippen LogP) is 3.01. The molecule has 1 heterocycles. The van der Waals surface area contributed by atoms with E-state index >= 15 is 0 Å². The van der Waals surface area contributed by atoms with Crippen molar-refractivity contribution in [2.45, 2.75) is 18.9 Å². The molecule has 27 heavy (non-hydrogen) atoms. The molecule has 0 fully saturated rings. The molecule has 0 radical (unpaired) electrons. The molecule has 0 spiro atoms. The zero-order chi connectivity index (χ0) is 19.1. The van der Waals surface area contributed by atoms with Crippen molar-refractivity contribution in [1.82, 2.24) is 4.90 Å². The highest BCUT2D eigenvalue weighted by atomic mass is 16.7. The Morgan fingerprint density at radius 3 is 2.63 bits per heavy atom. The van der Waals surface area contributed by atoms with Crippen molar-refractivity contribution in [2.75, 3.05) is 35.1 Å². The van der Waals surface area contributed by atoms with Crippen LogP contribution in [0.3, 0.4) is 0 Å². The number of nitrogens with zero attached hydrogens (tertiary/aromatic N) is 1. The highest BCUT2D eigenvalue weighted by Crippen LogP contribution is 2.52. The summed E-state index contributed by atoms with van der Waals surface area (Å²) < 4.78 is 22.3. The van der Waals surface area contributed by atoms with E-state index in [1.165, 1.54) is 7.11 Å². The molecule has 2 aliphatic rings. The number of methoxy groups -OCH3 is 2. The van der Waals surface area contributed by atoms with Crippen molar-refractivity contribution in [1.29, 1.82) is 0 Å². The van der Waals surface area contributed by atoms with Gasteiger partial charge in [-0.1, -0.05) is 6.07 Å². The van der Waals surface area contributed by atoms with Crippen molar-refractivity contribution in [3.63, 3.8) is 0 Å². The number of ether oxygens (including phenoxy) is 4. The van der Waals surface area contributed by atoms with Gasteiger partial charge in [0.05, 0.1) is 14.2 Å². The van der Waals surface area contributed by atoms with Crippen LogP contribution >= 0.6 is 0 Å². The lowest BCUT2D eigenvalue weighted by molar-refractivity contribution is 0.171. The first-order chi connectivity index (χ1) is 13.0. The van der Waals surface area contributed by atoms with E-state index in [2.05, 4.69) is 4.90 Å². The van der Waals surface area contributed by atoms with Crippen LogP contribution < -0.4 is 24.4 Å². The van der Waals surface area contributed by atoms with Gasteiger partial charge in [0.1, 0.15) is 0 Å². The first-order valence-corrected chi connectivity index (χ1v) is 8.93. The Balaban J connectivity index is 2.08. The van der Waals surface area contributed by atoms with E-state index in [0.717, 1.165) is 35.1 Å². The fourth-order valence-corrected chi connectivity index (χ4v) is 4.03. The lowest BCUT2D eigenvalue weighted by atomic mass is 9.95. The average Bonchev–Trinajstić information content (AvgIpc) is 2.98. The molecular formula is C21H23NO5. The fraction of sp³-hybridized carbons (Fsp3) is 0.381. The number of fused-ring (bicyclic) bond motifs is 4. The summed E-state index contributed by atoms with van der Waals surface area (Å²) in [6.07, 6.45) is 1.72. The Bertz CT molecular complexity index is 954. The third-order valence-electron chi connectivity index (χ3n) is 5.31. The standard InChI is InChI=1S/C21H23NO5/c1-22(2)15-7-5-12-9-18-20(27-11-26-18)21(25-4)19(12)13-6-8-17(24-3)16(23)10-14(13)15/h6,8-10,15H,5,7,11H2,1-4H3/t15-/m0/s1. The molecule has 0 aromatic heterocycles. The summed E-state index contributed by atoms with van der Waals surface area (Å²) in [4.78, 5) is 14.8. The summed E-state index contributed by atoms with van der Waals surface area (Å²) in [6.45, 7) is 0.183. The number of rotatable bonds is 3. The van der Waals surface area contributed by atoms with E-state index < -0.39 is 0 Å². The minimum absolute atomic E-state index is 0.0959. The molecule has 1 aliphatic carbocycles. The Morgan fingerprint density at radius 2 is 1.93 bits per heavy atom. The monoisotopic (exact) mass is 369 g/mol. The normalized spacial score (nSPS) is 17.1. The van der Waals surface area contributed by atoms with E-state index in [0.29, 0.717) is 23.0 Å². The maximum Gasteiger partial charge on any atom is 0.231 e. The molecule has 1 atom stereocenters. The zero-order valence-electron chi connectivity index (χ0n) is 16.0. The van der Waals surface area contributed by atoms with Gasteiger partial charge in [-0.15, -0.1) is 0 Å². The second kappa shape index (κ2) is 6.78. The Kier molecular flexibility index (Phi) is 4.44. The summed E-state index contributed by atoms with van der Waals surface area (Å²) >= 11 is 0. The van der Waals surface area contributed by atoms with Gasteiger partial charge < -0.3 is 23.8 Å². The molecule has 0 amide bonds. The van der Waals surface area contributed by atoms with Crippen molar-refractivity contribution in [3.8, 4) is 34.1 Å². The van der Waals surface area contributed by atoms with Gasteiger partial charge in [0.2, 0.25) is 18.0 Å². The minimum Gasteiger partial charge on any atom is -0.493 e. The second-order valence-electron chi connectivity index (χ2n) is 6.98. The SMILES string of the molecule is COc1c2c(cc3c1-c1ccc(OC)c(=O)cc1[C@@H](N(C)C)CC3)OCO2. The van der Waals surface area contributed by atoms with Crippen LogP contribution in [0.15, 0.2) is 29.1 Å². The lowest BCUT2D eigenvalue weighted by Crippen LogP contribution is -2.20. The van der Waals surface area contributed by atoms with Crippen LogP contribution in [-0.4, -0.2) is 40.0 Å². The number of aryl methyl sites for hydroxylation is 1. The summed E-state index contributed by atoms with van der Waals surface area (Å²) in [5, 5.41) is 0. The third-order valence-corrected chi connectivity index (χ3v) is 5.31. The van der Waals surface area contributed by atoms with Crippen molar-refractivity contribution in [2.24, 2.45) is 0 Å². The number of benzene rings is 1. The molecule has 0 unspecified atom stereocenters. The van der Waals surface area contributed by atoms with Crippen LogP contribution in [0.4, 0.5) is 0 Å². The maximum atomic E-state index is 12.6. The van der Waals surface area contributed by atoms with Crippen LogP contribution in [0, 0.1) is 0 Å². The van der Waals surface area contributed by atoms with E-state index in [-0.39, 0.29) is 18.3 Å². The zero-order valence-corrected chi connectivity index (χ0v) is 16.0. The predicted molar refractivity (Wildman–Crippen MR) is 102 cm³/mol. The van der Waals surface area contributed by atoms with E-state index in [4.69, 9.17) is 18.9 Å². The Hall–Kier alpha value is -2.73. The van der Waals surface area contributed by atoms with Crippen molar-refractivity contribution >= 4 is 0 Å². The van der Waals surface area contributed by atoms with Crippen LogP contribution in [0.2, 0.25) is 0 Å². The largest absolute Gasteiger partial charge is 0.493 e. The summed E-state index contributed by atoms with van der Waals surface area (Å²) in [6, 6.07) is 7.49. The van der Waals surface area contributed by atoms with E-state index in [1.54, 1.807) is 19.2 Å². The van der Waals surface area contributed by atoms with Gasteiger partial charge in [-0.3, -0.25) is 4.79 Å². The van der Waals surface area contributed by atoms with E-state index in [9.17, 15) is 4.79 Å². The third kappa shape index (κ3) is 2.80. The summed E-state index contributed by atoms with van der Waals surface area (Å²) in [5.41, 5.74) is 3.87. The first kappa shape index (κ1) is 17.7. The van der Waals surface area contributed by atoms with Gasteiger partial charge in [0.25, 0.3) is 0 Å². The molecule has 4 rings (SSSR count). The van der Waals surface area contributed by atoms with Gasteiger partial charge in [-0.2, -0.15) is 0 Å². The maximum absolute atomic E-state index is 12.6. The smallest absolute Gasteiger partial charge is 0.231 e. The van der Waals surface area contributed by atoms with E-state index in [1.807, 2.05) is 26.2 Å². The van der Waals surface area contributed by atoms with Crippen LogP contribution in [0.1, 0.15) is 23.6 Å². The average molecular weight is 369 g/mol. The molecule has 142 valence electrons. The second-order valence-corrected chi connectivity index (χ2v) is 6.98.